The van der Waals surface area contributed by atoms with Crippen LogP contribution in [-0.4, -0.2) is 15.0 Å². The zero-order chi connectivity index (χ0) is 33.0. The van der Waals surface area contributed by atoms with Gasteiger partial charge in [0.1, 0.15) is 22.3 Å². The van der Waals surface area contributed by atoms with Gasteiger partial charge in [-0.3, -0.25) is 0 Å². The zero-order valence-electron chi connectivity index (χ0n) is 26.7. The van der Waals surface area contributed by atoms with Crippen molar-refractivity contribution in [2.45, 2.75) is 0 Å². The van der Waals surface area contributed by atoms with Crippen molar-refractivity contribution in [1.82, 2.24) is 15.0 Å². The number of fused-ring (bicyclic) bond motifs is 6. The van der Waals surface area contributed by atoms with Crippen LogP contribution in [-0.2, 0) is 0 Å². The number of furan rings is 2. The summed E-state index contributed by atoms with van der Waals surface area (Å²) >= 11 is 0. The van der Waals surface area contributed by atoms with E-state index in [9.17, 15) is 0 Å². The quantitative estimate of drug-likeness (QED) is 0.187. The van der Waals surface area contributed by atoms with Crippen molar-refractivity contribution in [3.8, 4) is 56.4 Å². The molecule has 234 valence electrons. The Balaban J connectivity index is 1.12. The van der Waals surface area contributed by atoms with Crippen LogP contribution in [0.15, 0.2) is 173 Å². The zero-order valence-corrected chi connectivity index (χ0v) is 26.7. The maximum atomic E-state index is 6.40. The van der Waals surface area contributed by atoms with Crippen molar-refractivity contribution >= 4 is 43.9 Å². The summed E-state index contributed by atoms with van der Waals surface area (Å²) in [4.78, 5) is 15.0. The lowest BCUT2D eigenvalue weighted by Gasteiger charge is -2.09. The second kappa shape index (κ2) is 11.4. The Morgan fingerprint density at radius 1 is 0.300 bits per heavy atom. The molecule has 0 saturated carbocycles. The molecule has 10 aromatic rings. The van der Waals surface area contributed by atoms with Gasteiger partial charge in [0.05, 0.1) is 0 Å². The normalized spacial score (nSPS) is 11.6. The molecular formula is C45H27N3O2. The molecule has 0 amide bonds. The molecule has 0 saturated heterocycles. The van der Waals surface area contributed by atoms with Crippen molar-refractivity contribution in [2.75, 3.05) is 0 Å². The van der Waals surface area contributed by atoms with Gasteiger partial charge in [0.15, 0.2) is 17.5 Å². The van der Waals surface area contributed by atoms with Crippen molar-refractivity contribution in [3.05, 3.63) is 164 Å². The highest BCUT2D eigenvalue weighted by Crippen LogP contribution is 2.40. The van der Waals surface area contributed by atoms with Crippen molar-refractivity contribution in [2.24, 2.45) is 0 Å². The van der Waals surface area contributed by atoms with E-state index in [1.54, 1.807) is 0 Å². The lowest BCUT2D eigenvalue weighted by atomic mass is 9.97. The largest absolute Gasteiger partial charge is 0.456 e. The molecule has 0 spiro atoms. The van der Waals surface area contributed by atoms with Crippen LogP contribution in [0.3, 0.4) is 0 Å². The molecule has 3 aromatic heterocycles. The topological polar surface area (TPSA) is 65.0 Å². The van der Waals surface area contributed by atoms with Crippen LogP contribution in [0.5, 0.6) is 0 Å². The van der Waals surface area contributed by atoms with Crippen LogP contribution in [0.2, 0.25) is 0 Å². The van der Waals surface area contributed by atoms with E-state index >= 15 is 0 Å². The predicted molar refractivity (Wildman–Crippen MR) is 202 cm³/mol. The third-order valence-corrected chi connectivity index (χ3v) is 9.36. The predicted octanol–water partition coefficient (Wildman–Crippen LogP) is 12.0. The van der Waals surface area contributed by atoms with Crippen LogP contribution in [0.1, 0.15) is 0 Å². The van der Waals surface area contributed by atoms with E-state index in [4.69, 9.17) is 23.8 Å². The van der Waals surface area contributed by atoms with Crippen LogP contribution in [0.25, 0.3) is 100 Å². The van der Waals surface area contributed by atoms with Gasteiger partial charge in [0, 0.05) is 38.2 Å². The van der Waals surface area contributed by atoms with E-state index in [2.05, 4.69) is 84.9 Å². The molecule has 0 aliphatic carbocycles. The minimum absolute atomic E-state index is 0.596. The summed E-state index contributed by atoms with van der Waals surface area (Å²) in [6, 6.07) is 55.8. The second-order valence-electron chi connectivity index (χ2n) is 12.4. The van der Waals surface area contributed by atoms with E-state index in [1.165, 1.54) is 0 Å². The monoisotopic (exact) mass is 641 g/mol. The fourth-order valence-corrected chi connectivity index (χ4v) is 6.89. The number of benzene rings is 7. The average Bonchev–Trinajstić information content (AvgIpc) is 3.76. The van der Waals surface area contributed by atoms with E-state index in [-0.39, 0.29) is 0 Å². The number of nitrogens with zero attached hydrogens (tertiary/aromatic N) is 3. The summed E-state index contributed by atoms with van der Waals surface area (Å²) in [5.41, 5.74) is 10.5. The van der Waals surface area contributed by atoms with E-state index < -0.39 is 0 Å². The number of aromatic nitrogens is 3. The highest BCUT2D eigenvalue weighted by Gasteiger charge is 2.18. The molecule has 50 heavy (non-hydrogen) atoms. The van der Waals surface area contributed by atoms with Gasteiger partial charge in [-0.05, 0) is 64.7 Å². The first kappa shape index (κ1) is 28.2. The molecule has 0 bridgehead atoms. The minimum Gasteiger partial charge on any atom is -0.456 e. The third kappa shape index (κ3) is 4.75. The van der Waals surface area contributed by atoms with Gasteiger partial charge in [0.2, 0.25) is 0 Å². The fraction of sp³-hybridized carbons (Fsp3) is 0. The standard InChI is InChI=1S/C45H27N3O2/c1-3-10-28(11-4-1)29-18-20-31(21-19-29)44-46-43(30-12-5-2-6-13-30)47-45(48-44)33-23-25-39-37(26-33)42-34(15-9-17-40(42)49-39)32-22-24-36-35-14-7-8-16-38(35)50-41(36)27-32/h1-27H. The first-order chi connectivity index (χ1) is 24.7. The summed E-state index contributed by atoms with van der Waals surface area (Å²) in [6.07, 6.45) is 0. The fourth-order valence-electron chi connectivity index (χ4n) is 6.89. The van der Waals surface area contributed by atoms with Crippen LogP contribution >= 0.6 is 0 Å². The molecule has 0 atom stereocenters. The number of rotatable bonds is 5. The molecule has 0 aliphatic rings. The minimum atomic E-state index is 0.596. The van der Waals surface area contributed by atoms with Gasteiger partial charge in [-0.2, -0.15) is 0 Å². The number of para-hydroxylation sites is 1. The molecule has 7 aromatic carbocycles. The van der Waals surface area contributed by atoms with Crippen molar-refractivity contribution in [1.29, 1.82) is 0 Å². The molecule has 0 fully saturated rings. The van der Waals surface area contributed by atoms with Gasteiger partial charge in [0.25, 0.3) is 0 Å². The lowest BCUT2D eigenvalue weighted by Crippen LogP contribution is -2.00. The summed E-state index contributed by atoms with van der Waals surface area (Å²) < 4.78 is 12.6. The van der Waals surface area contributed by atoms with Crippen LogP contribution in [0, 0.1) is 0 Å². The van der Waals surface area contributed by atoms with Gasteiger partial charge in [-0.15, -0.1) is 0 Å². The molecule has 5 nitrogen and oxygen atoms in total. The lowest BCUT2D eigenvalue weighted by molar-refractivity contribution is 0.668. The number of hydrogen-bond acceptors (Lipinski definition) is 5. The van der Waals surface area contributed by atoms with Crippen molar-refractivity contribution in [3.63, 3.8) is 0 Å². The molecule has 10 rings (SSSR count). The molecule has 5 heteroatoms. The van der Waals surface area contributed by atoms with Crippen molar-refractivity contribution < 1.29 is 8.83 Å². The van der Waals surface area contributed by atoms with Gasteiger partial charge >= 0.3 is 0 Å². The van der Waals surface area contributed by atoms with E-state index in [1.807, 2.05) is 78.9 Å². The molecule has 0 aliphatic heterocycles. The maximum absolute atomic E-state index is 6.40. The summed E-state index contributed by atoms with van der Waals surface area (Å²) in [7, 11) is 0. The highest BCUT2D eigenvalue weighted by atomic mass is 16.3. The Hall–Kier alpha value is -6.85. The first-order valence-corrected chi connectivity index (χ1v) is 16.6. The van der Waals surface area contributed by atoms with Crippen LogP contribution < -0.4 is 0 Å². The highest BCUT2D eigenvalue weighted by molar-refractivity contribution is 6.14. The Kier molecular flexibility index (Phi) is 6.42. The molecule has 0 radical (unpaired) electrons. The molecule has 0 unspecified atom stereocenters. The average molecular weight is 642 g/mol. The molecule has 0 N–H and O–H groups in total. The number of hydrogen-bond donors (Lipinski definition) is 0. The van der Waals surface area contributed by atoms with Gasteiger partial charge in [-0.1, -0.05) is 121 Å². The Labute approximate surface area is 287 Å². The van der Waals surface area contributed by atoms with Crippen LogP contribution in [0.4, 0.5) is 0 Å². The SMILES string of the molecule is c1ccc(-c2ccc(-c3nc(-c4ccccc4)nc(-c4ccc5oc6cccc(-c7ccc8c(c7)oc7ccccc78)c6c5c4)n3)cc2)cc1. The van der Waals surface area contributed by atoms with Gasteiger partial charge in [-0.25, -0.2) is 15.0 Å². The van der Waals surface area contributed by atoms with E-state index in [0.717, 1.165) is 82.8 Å². The Bertz CT molecular complexity index is 2850. The molecular weight excluding hydrogens is 615 g/mol. The summed E-state index contributed by atoms with van der Waals surface area (Å²) in [6.45, 7) is 0. The smallest absolute Gasteiger partial charge is 0.164 e. The van der Waals surface area contributed by atoms with Gasteiger partial charge < -0.3 is 8.83 Å². The summed E-state index contributed by atoms with van der Waals surface area (Å²) in [5, 5.41) is 4.25. The third-order valence-electron chi connectivity index (χ3n) is 9.36. The molecule has 3 heterocycles. The first-order valence-electron chi connectivity index (χ1n) is 16.6. The Morgan fingerprint density at radius 2 is 0.820 bits per heavy atom. The Morgan fingerprint density at radius 3 is 1.60 bits per heavy atom. The van der Waals surface area contributed by atoms with E-state index in [0.29, 0.717) is 17.5 Å². The second-order valence-corrected chi connectivity index (χ2v) is 12.4. The summed E-state index contributed by atoms with van der Waals surface area (Å²) in [5.74, 6) is 1.83. The maximum Gasteiger partial charge on any atom is 0.164 e.